The van der Waals surface area contributed by atoms with Gasteiger partial charge in [0.1, 0.15) is 5.82 Å². The van der Waals surface area contributed by atoms with E-state index in [1.165, 1.54) is 31.5 Å². The molecule has 0 bridgehead atoms. The Bertz CT molecular complexity index is 742. The number of hydrogen-bond acceptors (Lipinski definition) is 4. The molecule has 0 aliphatic rings. The number of hydrogen-bond donors (Lipinski definition) is 2. The Kier molecular flexibility index (Phi) is 3.96. The van der Waals surface area contributed by atoms with Crippen LogP contribution in [-0.4, -0.2) is 13.4 Å². The molecule has 0 amide bonds. The van der Waals surface area contributed by atoms with Gasteiger partial charge in [0.25, 0.3) is 10.0 Å². The number of halogens is 2. The van der Waals surface area contributed by atoms with Gasteiger partial charge in [-0.1, -0.05) is 0 Å². The van der Waals surface area contributed by atoms with Gasteiger partial charge in [0.2, 0.25) is 0 Å². The molecule has 0 aliphatic carbocycles. The summed E-state index contributed by atoms with van der Waals surface area (Å²) in [6, 6.07) is 3.63. The average molecular weight is 360 g/mol. The summed E-state index contributed by atoms with van der Waals surface area (Å²) in [4.78, 5) is 3.59. The Morgan fingerprint density at radius 2 is 2.10 bits per heavy atom. The highest BCUT2D eigenvalue weighted by molar-refractivity contribution is 9.10. The monoisotopic (exact) mass is 359 g/mol. The zero-order chi connectivity index (χ0) is 14.9. The van der Waals surface area contributed by atoms with Gasteiger partial charge >= 0.3 is 0 Å². The van der Waals surface area contributed by atoms with E-state index in [4.69, 9.17) is 5.73 Å². The first-order valence-corrected chi connectivity index (χ1v) is 7.77. The third-order valence-corrected chi connectivity index (χ3v) is 4.66. The standard InChI is InChI=1S/C12H11BrFN3O2S/c1-7-10(14)4-8(5-11(7)15)20(18,19)17-12-2-3-16-6-9(12)13/h2-6H,15H2,1H3,(H,16,17). The number of aromatic nitrogens is 1. The summed E-state index contributed by atoms with van der Waals surface area (Å²) >= 11 is 3.17. The van der Waals surface area contributed by atoms with Crippen LogP contribution in [0.2, 0.25) is 0 Å². The van der Waals surface area contributed by atoms with Gasteiger partial charge in [0.15, 0.2) is 0 Å². The lowest BCUT2D eigenvalue weighted by atomic mass is 10.2. The minimum Gasteiger partial charge on any atom is -0.398 e. The van der Waals surface area contributed by atoms with Crippen molar-refractivity contribution in [1.82, 2.24) is 4.98 Å². The number of sulfonamides is 1. The van der Waals surface area contributed by atoms with Crippen LogP contribution in [0.4, 0.5) is 15.8 Å². The van der Waals surface area contributed by atoms with Crippen LogP contribution in [-0.2, 0) is 10.0 Å². The van der Waals surface area contributed by atoms with E-state index >= 15 is 0 Å². The smallest absolute Gasteiger partial charge is 0.262 e. The normalized spacial score (nSPS) is 11.3. The number of nitrogens with zero attached hydrogens (tertiary/aromatic N) is 1. The second-order valence-electron chi connectivity index (χ2n) is 4.08. The van der Waals surface area contributed by atoms with E-state index in [1.54, 1.807) is 0 Å². The SMILES string of the molecule is Cc1c(N)cc(S(=O)(=O)Nc2ccncc2Br)cc1F. The maximum Gasteiger partial charge on any atom is 0.262 e. The first-order valence-electron chi connectivity index (χ1n) is 5.49. The van der Waals surface area contributed by atoms with E-state index in [-0.39, 0.29) is 16.1 Å². The Morgan fingerprint density at radius 1 is 1.40 bits per heavy atom. The zero-order valence-corrected chi connectivity index (χ0v) is 12.8. The molecule has 106 valence electrons. The van der Waals surface area contributed by atoms with Gasteiger partial charge in [-0.3, -0.25) is 9.71 Å². The molecule has 3 N–H and O–H groups in total. The molecule has 5 nitrogen and oxygen atoms in total. The number of nitrogen functional groups attached to an aromatic ring is 1. The van der Waals surface area contributed by atoms with Gasteiger partial charge in [-0.2, -0.15) is 0 Å². The molecule has 1 aromatic carbocycles. The first kappa shape index (κ1) is 14.7. The Hall–Kier alpha value is -1.67. The number of benzene rings is 1. The highest BCUT2D eigenvalue weighted by Gasteiger charge is 2.18. The summed E-state index contributed by atoms with van der Waals surface area (Å²) < 4.78 is 40.8. The van der Waals surface area contributed by atoms with Crippen LogP contribution < -0.4 is 10.5 Å². The fourth-order valence-electron chi connectivity index (χ4n) is 1.49. The third-order valence-electron chi connectivity index (χ3n) is 2.69. The number of pyridine rings is 1. The highest BCUT2D eigenvalue weighted by atomic mass is 79.9. The first-order chi connectivity index (χ1) is 9.31. The minimum absolute atomic E-state index is 0.0826. The van der Waals surface area contributed by atoms with Crippen molar-refractivity contribution in [2.45, 2.75) is 11.8 Å². The molecular formula is C12H11BrFN3O2S. The Morgan fingerprint density at radius 3 is 2.70 bits per heavy atom. The summed E-state index contributed by atoms with van der Waals surface area (Å²) in [5, 5.41) is 0. The van der Waals surface area contributed by atoms with E-state index in [2.05, 4.69) is 25.6 Å². The number of rotatable bonds is 3. The molecule has 0 radical (unpaired) electrons. The van der Waals surface area contributed by atoms with Gasteiger partial charge in [0, 0.05) is 23.6 Å². The number of nitrogens with two attached hydrogens (primary N) is 1. The van der Waals surface area contributed by atoms with Crippen LogP contribution >= 0.6 is 15.9 Å². The Labute approximate surface area is 124 Å². The predicted octanol–water partition coefficient (Wildman–Crippen LogP) is 2.67. The average Bonchev–Trinajstić information content (AvgIpc) is 2.38. The molecular weight excluding hydrogens is 349 g/mol. The van der Waals surface area contributed by atoms with Gasteiger partial charge in [-0.15, -0.1) is 0 Å². The lowest BCUT2D eigenvalue weighted by Crippen LogP contribution is -2.14. The van der Waals surface area contributed by atoms with Crippen molar-refractivity contribution >= 4 is 37.3 Å². The minimum atomic E-state index is -3.93. The van der Waals surface area contributed by atoms with E-state index in [0.29, 0.717) is 10.2 Å². The molecule has 1 heterocycles. The molecule has 0 aliphatic heterocycles. The maximum absolute atomic E-state index is 13.6. The molecule has 0 spiro atoms. The molecule has 1 aromatic heterocycles. The molecule has 2 rings (SSSR count). The highest BCUT2D eigenvalue weighted by Crippen LogP contribution is 2.26. The van der Waals surface area contributed by atoms with Crippen molar-refractivity contribution in [1.29, 1.82) is 0 Å². The van der Waals surface area contributed by atoms with Crippen LogP contribution in [0.5, 0.6) is 0 Å². The molecule has 2 aromatic rings. The van der Waals surface area contributed by atoms with Crippen molar-refractivity contribution in [3.05, 3.63) is 46.4 Å². The van der Waals surface area contributed by atoms with Crippen molar-refractivity contribution in [3.63, 3.8) is 0 Å². The van der Waals surface area contributed by atoms with Crippen molar-refractivity contribution in [2.75, 3.05) is 10.5 Å². The molecule has 20 heavy (non-hydrogen) atoms. The largest absolute Gasteiger partial charge is 0.398 e. The van der Waals surface area contributed by atoms with Crippen LogP contribution in [0, 0.1) is 12.7 Å². The molecule has 0 unspecified atom stereocenters. The van der Waals surface area contributed by atoms with Gasteiger partial charge in [-0.05, 0) is 41.1 Å². The second kappa shape index (κ2) is 5.37. The quantitative estimate of drug-likeness (QED) is 0.825. The number of anilines is 2. The molecule has 0 atom stereocenters. The van der Waals surface area contributed by atoms with Gasteiger partial charge in [-0.25, -0.2) is 12.8 Å². The summed E-state index contributed by atoms with van der Waals surface area (Å²) in [5.41, 5.74) is 6.19. The van der Waals surface area contributed by atoms with E-state index < -0.39 is 15.8 Å². The lowest BCUT2D eigenvalue weighted by molar-refractivity contribution is 0.593. The number of nitrogens with one attached hydrogen (secondary N) is 1. The molecule has 0 saturated heterocycles. The molecule has 0 fully saturated rings. The predicted molar refractivity (Wildman–Crippen MR) is 78.3 cm³/mol. The molecule has 8 heteroatoms. The Balaban J connectivity index is 2.44. The summed E-state index contributed by atoms with van der Waals surface area (Å²) in [7, 11) is -3.93. The fraction of sp³-hybridized carbons (Fsp3) is 0.0833. The van der Waals surface area contributed by atoms with E-state index in [1.807, 2.05) is 0 Å². The van der Waals surface area contributed by atoms with Crippen molar-refractivity contribution in [3.8, 4) is 0 Å². The summed E-state index contributed by atoms with van der Waals surface area (Å²) in [6.07, 6.45) is 2.88. The van der Waals surface area contributed by atoms with Crippen LogP contribution in [0.15, 0.2) is 40.0 Å². The fourth-order valence-corrected chi connectivity index (χ4v) is 3.10. The third kappa shape index (κ3) is 2.91. The molecule has 0 saturated carbocycles. The van der Waals surface area contributed by atoms with Crippen molar-refractivity contribution < 1.29 is 12.8 Å². The van der Waals surface area contributed by atoms with Crippen LogP contribution in [0.3, 0.4) is 0 Å². The van der Waals surface area contributed by atoms with Crippen LogP contribution in [0.25, 0.3) is 0 Å². The maximum atomic E-state index is 13.6. The van der Waals surface area contributed by atoms with Crippen molar-refractivity contribution in [2.24, 2.45) is 0 Å². The van der Waals surface area contributed by atoms with E-state index in [9.17, 15) is 12.8 Å². The topological polar surface area (TPSA) is 85.1 Å². The van der Waals surface area contributed by atoms with Gasteiger partial charge < -0.3 is 5.73 Å². The second-order valence-corrected chi connectivity index (χ2v) is 6.62. The lowest BCUT2D eigenvalue weighted by Gasteiger charge is -2.11. The summed E-state index contributed by atoms with van der Waals surface area (Å²) in [5.74, 6) is -0.667. The van der Waals surface area contributed by atoms with E-state index in [0.717, 1.165) is 6.07 Å². The van der Waals surface area contributed by atoms with Crippen LogP contribution in [0.1, 0.15) is 5.56 Å². The summed E-state index contributed by atoms with van der Waals surface area (Å²) in [6.45, 7) is 1.48. The van der Waals surface area contributed by atoms with Gasteiger partial charge in [0.05, 0.1) is 15.1 Å². The zero-order valence-electron chi connectivity index (χ0n) is 10.4.